The minimum absolute atomic E-state index is 0.0751. The fraction of sp³-hybridized carbons (Fsp3) is 0.429. The zero-order chi connectivity index (χ0) is 18.9. The van der Waals surface area contributed by atoms with Crippen LogP contribution in [0.4, 0.5) is 5.69 Å². The minimum atomic E-state index is -0.858. The van der Waals surface area contributed by atoms with Crippen molar-refractivity contribution in [2.75, 3.05) is 57.4 Å². The molecule has 0 bridgehead atoms. The largest absolute Gasteiger partial charge is 0.492 e. The summed E-state index contributed by atoms with van der Waals surface area (Å²) in [5, 5.41) is 18.1. The molecule has 1 unspecified atom stereocenters. The van der Waals surface area contributed by atoms with Crippen LogP contribution in [0.15, 0.2) is 54.6 Å². The second-order valence-corrected chi connectivity index (χ2v) is 6.63. The molecule has 146 valence electrons. The van der Waals surface area contributed by atoms with Crippen molar-refractivity contribution in [1.29, 1.82) is 0 Å². The first-order chi connectivity index (χ1) is 13.2. The third-order valence-electron chi connectivity index (χ3n) is 4.65. The van der Waals surface area contributed by atoms with Crippen LogP contribution in [0.3, 0.4) is 0 Å². The van der Waals surface area contributed by atoms with Gasteiger partial charge in [-0.05, 0) is 36.4 Å². The summed E-state index contributed by atoms with van der Waals surface area (Å²) in [5.41, 5.74) is 1.29. The summed E-state index contributed by atoms with van der Waals surface area (Å²) in [5.74, 6) is 1.44. The van der Waals surface area contributed by atoms with Crippen LogP contribution < -0.4 is 14.4 Å². The topological polar surface area (TPSA) is 65.4 Å². The highest BCUT2D eigenvalue weighted by molar-refractivity contribution is 5.46. The summed E-state index contributed by atoms with van der Waals surface area (Å²) in [6.45, 7) is 5.48. The van der Waals surface area contributed by atoms with Crippen molar-refractivity contribution >= 4 is 5.69 Å². The van der Waals surface area contributed by atoms with E-state index in [1.165, 1.54) is 5.69 Å². The van der Waals surface area contributed by atoms with Crippen LogP contribution in [0.5, 0.6) is 11.5 Å². The summed E-state index contributed by atoms with van der Waals surface area (Å²) >= 11 is 0. The second kappa shape index (κ2) is 10.2. The molecule has 6 heteroatoms. The molecule has 27 heavy (non-hydrogen) atoms. The number of hydrogen-bond donors (Lipinski definition) is 2. The summed E-state index contributed by atoms with van der Waals surface area (Å²) in [7, 11) is 0. The molecule has 6 nitrogen and oxygen atoms in total. The zero-order valence-corrected chi connectivity index (χ0v) is 15.5. The van der Waals surface area contributed by atoms with Crippen molar-refractivity contribution in [2.24, 2.45) is 0 Å². The fourth-order valence-corrected chi connectivity index (χ4v) is 3.04. The number of ether oxygens (including phenoxy) is 2. The van der Waals surface area contributed by atoms with Crippen LogP contribution >= 0.6 is 0 Å². The Kier molecular flexibility index (Phi) is 7.33. The van der Waals surface area contributed by atoms with Gasteiger partial charge in [0.15, 0.2) is 0 Å². The smallest absolute Gasteiger partial charge is 0.119 e. The molecule has 0 aliphatic carbocycles. The Labute approximate surface area is 160 Å². The van der Waals surface area contributed by atoms with Gasteiger partial charge in [0.25, 0.3) is 0 Å². The van der Waals surface area contributed by atoms with Gasteiger partial charge in [-0.25, -0.2) is 0 Å². The normalized spacial score (nSPS) is 16.1. The average molecular weight is 372 g/mol. The molecule has 0 spiro atoms. The molecule has 1 heterocycles. The lowest BCUT2D eigenvalue weighted by molar-refractivity contribution is 0.0536. The van der Waals surface area contributed by atoms with Crippen LogP contribution in [0.25, 0.3) is 0 Å². The van der Waals surface area contributed by atoms with E-state index in [9.17, 15) is 5.11 Å². The second-order valence-electron chi connectivity index (χ2n) is 6.63. The van der Waals surface area contributed by atoms with E-state index in [1.807, 2.05) is 18.2 Å². The Balaban J connectivity index is 1.34. The molecular formula is C21H28N2O4. The molecule has 1 fully saturated rings. The molecule has 3 rings (SSSR count). The average Bonchev–Trinajstić information content (AvgIpc) is 2.74. The standard InChI is InChI=1S/C21H28N2O4/c24-16-19(25)17-27-21-8-6-20(7-9-21)26-15-14-22-10-12-23(13-11-22)18-4-2-1-3-5-18/h1-9,19,24-25H,10-17H2. The number of aliphatic hydroxyl groups is 2. The van der Waals surface area contributed by atoms with Crippen LogP contribution in [0.1, 0.15) is 0 Å². The van der Waals surface area contributed by atoms with Gasteiger partial charge >= 0.3 is 0 Å². The lowest BCUT2D eigenvalue weighted by Crippen LogP contribution is -2.47. The molecule has 2 aromatic rings. The maximum Gasteiger partial charge on any atom is 0.119 e. The number of piperazine rings is 1. The van der Waals surface area contributed by atoms with Crippen molar-refractivity contribution in [3.63, 3.8) is 0 Å². The van der Waals surface area contributed by atoms with Crippen LogP contribution in [-0.4, -0.2) is 73.8 Å². The predicted octanol–water partition coefficient (Wildman–Crippen LogP) is 1.62. The molecule has 0 saturated carbocycles. The molecule has 2 N–H and O–H groups in total. The van der Waals surface area contributed by atoms with Crippen molar-refractivity contribution in [1.82, 2.24) is 4.90 Å². The van der Waals surface area contributed by atoms with Gasteiger partial charge in [-0.3, -0.25) is 4.90 Å². The summed E-state index contributed by atoms with van der Waals surface area (Å²) in [6.07, 6.45) is -0.858. The highest BCUT2D eigenvalue weighted by Gasteiger charge is 2.16. The lowest BCUT2D eigenvalue weighted by Gasteiger charge is -2.36. The number of benzene rings is 2. The van der Waals surface area contributed by atoms with Gasteiger partial charge in [-0.1, -0.05) is 18.2 Å². The van der Waals surface area contributed by atoms with Gasteiger partial charge in [0.2, 0.25) is 0 Å². The molecule has 0 radical (unpaired) electrons. The van der Waals surface area contributed by atoms with Gasteiger partial charge < -0.3 is 24.6 Å². The quantitative estimate of drug-likeness (QED) is 0.697. The maximum absolute atomic E-state index is 9.29. The number of nitrogens with zero attached hydrogens (tertiary/aromatic N) is 2. The highest BCUT2D eigenvalue weighted by Crippen LogP contribution is 2.18. The molecule has 1 saturated heterocycles. The summed E-state index contributed by atoms with van der Waals surface area (Å²) < 4.78 is 11.2. The van der Waals surface area contributed by atoms with Crippen LogP contribution in [0, 0.1) is 0 Å². The first kappa shape index (κ1) is 19.5. The van der Waals surface area contributed by atoms with Crippen molar-refractivity contribution in [3.8, 4) is 11.5 Å². The SMILES string of the molecule is OCC(O)COc1ccc(OCCN2CCN(c3ccccc3)CC2)cc1. The van der Waals surface area contributed by atoms with Crippen LogP contribution in [0.2, 0.25) is 0 Å². The van der Waals surface area contributed by atoms with Gasteiger partial charge in [-0.2, -0.15) is 0 Å². The Morgan fingerprint density at radius 3 is 2.11 bits per heavy atom. The van der Waals surface area contributed by atoms with Crippen molar-refractivity contribution in [3.05, 3.63) is 54.6 Å². The maximum atomic E-state index is 9.29. The number of para-hydroxylation sites is 1. The Hall–Kier alpha value is -2.28. The number of hydrogen-bond acceptors (Lipinski definition) is 6. The predicted molar refractivity (Wildman–Crippen MR) is 106 cm³/mol. The molecule has 1 aliphatic heterocycles. The monoisotopic (exact) mass is 372 g/mol. The zero-order valence-electron chi connectivity index (χ0n) is 15.5. The lowest BCUT2D eigenvalue weighted by atomic mass is 10.2. The van der Waals surface area contributed by atoms with E-state index in [4.69, 9.17) is 14.6 Å². The Morgan fingerprint density at radius 1 is 0.852 bits per heavy atom. The van der Waals surface area contributed by atoms with E-state index < -0.39 is 6.10 Å². The van der Waals surface area contributed by atoms with Gasteiger partial charge in [0.1, 0.15) is 30.8 Å². The Morgan fingerprint density at radius 2 is 1.48 bits per heavy atom. The van der Waals surface area contributed by atoms with Crippen LogP contribution in [-0.2, 0) is 0 Å². The third kappa shape index (κ3) is 6.13. The molecule has 0 amide bonds. The van der Waals surface area contributed by atoms with Gasteiger partial charge in [-0.15, -0.1) is 0 Å². The first-order valence-electron chi connectivity index (χ1n) is 9.41. The van der Waals surface area contributed by atoms with Gasteiger partial charge in [0.05, 0.1) is 6.61 Å². The van der Waals surface area contributed by atoms with Crippen molar-refractivity contribution < 1.29 is 19.7 Å². The summed E-state index contributed by atoms with van der Waals surface area (Å²) in [6, 6.07) is 17.9. The minimum Gasteiger partial charge on any atom is -0.492 e. The van der Waals surface area contributed by atoms with E-state index in [0.717, 1.165) is 38.5 Å². The molecule has 1 aliphatic rings. The van der Waals surface area contributed by atoms with E-state index in [1.54, 1.807) is 12.1 Å². The fourth-order valence-electron chi connectivity index (χ4n) is 3.04. The number of aliphatic hydroxyl groups excluding tert-OH is 2. The van der Waals surface area contributed by atoms with E-state index >= 15 is 0 Å². The molecule has 2 aromatic carbocycles. The van der Waals surface area contributed by atoms with E-state index in [-0.39, 0.29) is 13.2 Å². The first-order valence-corrected chi connectivity index (χ1v) is 9.41. The molecule has 1 atom stereocenters. The van der Waals surface area contributed by atoms with E-state index in [2.05, 4.69) is 34.1 Å². The number of anilines is 1. The van der Waals surface area contributed by atoms with E-state index in [0.29, 0.717) is 12.4 Å². The molecular weight excluding hydrogens is 344 g/mol. The Bertz CT molecular complexity index is 658. The number of rotatable bonds is 9. The highest BCUT2D eigenvalue weighted by atomic mass is 16.5. The van der Waals surface area contributed by atoms with Crippen molar-refractivity contribution in [2.45, 2.75) is 6.10 Å². The molecule has 0 aromatic heterocycles. The summed E-state index contributed by atoms with van der Waals surface area (Å²) in [4.78, 5) is 4.84. The van der Waals surface area contributed by atoms with Gasteiger partial charge in [0, 0.05) is 38.4 Å². The third-order valence-corrected chi connectivity index (χ3v) is 4.65.